The summed E-state index contributed by atoms with van der Waals surface area (Å²) in [7, 11) is 1.09. The summed E-state index contributed by atoms with van der Waals surface area (Å²) in [5, 5.41) is 0. The second-order valence-electron chi connectivity index (χ2n) is 10.1. The molecule has 1 aromatic heterocycles. The number of ether oxygens (including phenoxy) is 5. The lowest BCUT2D eigenvalue weighted by Gasteiger charge is -2.34. The molecule has 0 radical (unpaired) electrons. The van der Waals surface area contributed by atoms with E-state index in [2.05, 4.69) is 4.98 Å². The summed E-state index contributed by atoms with van der Waals surface area (Å²) in [6.07, 6.45) is -1.76. The Hall–Kier alpha value is -5.62. The number of hydrogen-bond donors (Lipinski definition) is 0. The smallest absolute Gasteiger partial charge is 0.362 e. The summed E-state index contributed by atoms with van der Waals surface area (Å²) in [5.41, 5.74) is -2.78. The first kappa shape index (κ1) is 30.8. The zero-order chi connectivity index (χ0) is 32.0. The van der Waals surface area contributed by atoms with Gasteiger partial charge in [-0.15, -0.1) is 0 Å². The van der Waals surface area contributed by atoms with Gasteiger partial charge in [0.15, 0.2) is 17.9 Å². The predicted molar refractivity (Wildman–Crippen MR) is 156 cm³/mol. The van der Waals surface area contributed by atoms with Crippen LogP contribution >= 0.6 is 0 Å². The maximum Gasteiger partial charge on any atom is 0.362 e. The number of carbonyl (C=O) groups is 4. The van der Waals surface area contributed by atoms with Crippen LogP contribution in [-0.2, 0) is 23.7 Å². The van der Waals surface area contributed by atoms with Crippen molar-refractivity contribution in [3.8, 4) is 0 Å². The number of hydrogen-bond acceptors (Lipinski definition) is 11. The van der Waals surface area contributed by atoms with Crippen molar-refractivity contribution in [3.63, 3.8) is 0 Å². The van der Waals surface area contributed by atoms with Crippen LogP contribution in [0, 0.1) is 0 Å². The fraction of sp³-hybridized carbons (Fsp3) is 0.212. The van der Waals surface area contributed by atoms with Gasteiger partial charge in [-0.25, -0.2) is 24.2 Å². The molecule has 0 N–H and O–H groups in total. The van der Waals surface area contributed by atoms with E-state index in [9.17, 15) is 24.0 Å². The zero-order valence-electron chi connectivity index (χ0n) is 24.2. The van der Waals surface area contributed by atoms with Crippen molar-refractivity contribution in [1.29, 1.82) is 0 Å². The molecular weight excluding hydrogens is 584 g/mol. The molecule has 1 aliphatic heterocycles. The second-order valence-corrected chi connectivity index (χ2v) is 10.1. The predicted octanol–water partition coefficient (Wildman–Crippen LogP) is 3.63. The Bertz CT molecular complexity index is 1740. The number of benzene rings is 3. The Morgan fingerprint density at radius 3 is 1.89 bits per heavy atom. The molecule has 1 aliphatic rings. The van der Waals surface area contributed by atoms with Gasteiger partial charge in [0, 0.05) is 12.4 Å². The lowest BCUT2D eigenvalue weighted by molar-refractivity contribution is -0.111. The van der Waals surface area contributed by atoms with E-state index in [-0.39, 0.29) is 16.7 Å². The third kappa shape index (κ3) is 6.50. The van der Waals surface area contributed by atoms with Crippen molar-refractivity contribution in [3.05, 3.63) is 136 Å². The van der Waals surface area contributed by atoms with Gasteiger partial charge in [-0.2, -0.15) is 0 Å². The third-order valence-corrected chi connectivity index (χ3v) is 7.15. The molecule has 1 saturated heterocycles. The quantitative estimate of drug-likeness (QED) is 0.201. The van der Waals surface area contributed by atoms with Crippen molar-refractivity contribution >= 4 is 23.9 Å². The molecular formula is C33H28N2O10. The van der Waals surface area contributed by atoms with Gasteiger partial charge in [0.2, 0.25) is 5.69 Å². The molecule has 45 heavy (non-hydrogen) atoms. The van der Waals surface area contributed by atoms with Crippen LogP contribution in [0.5, 0.6) is 0 Å². The Morgan fingerprint density at radius 1 is 0.800 bits per heavy atom. The SMILES string of the molecule is COC(=O)c1nccn([C@@H]2O[C@H](COC(=O)c3ccccc3)[C@@H](OC(=O)c3ccccc3)[C@@]2(C)OC(=O)c2ccccc2)c1=O. The maximum absolute atomic E-state index is 13.5. The minimum atomic E-state index is -1.92. The molecule has 230 valence electrons. The van der Waals surface area contributed by atoms with E-state index in [1.807, 2.05) is 0 Å². The van der Waals surface area contributed by atoms with E-state index in [1.165, 1.54) is 43.6 Å². The van der Waals surface area contributed by atoms with Gasteiger partial charge in [0.25, 0.3) is 5.56 Å². The van der Waals surface area contributed by atoms with Crippen LogP contribution < -0.4 is 5.56 Å². The highest BCUT2D eigenvalue weighted by Gasteiger charge is 2.60. The standard InChI is InChI=1S/C33H28N2O10/c1-33(45-30(39)23-16-10-5-11-17-23)26(44-29(38)22-14-8-4-9-15-22)24(20-42-28(37)21-12-6-3-7-13-21)43-32(33)35-19-18-34-25(27(35)36)31(40)41-2/h3-19,24,26,32H,20H2,1-2H3/t24-,26-,32-,33-/m1/s1. The minimum Gasteiger partial charge on any atom is -0.464 e. The largest absolute Gasteiger partial charge is 0.464 e. The third-order valence-electron chi connectivity index (χ3n) is 7.15. The van der Waals surface area contributed by atoms with Gasteiger partial charge in [-0.1, -0.05) is 54.6 Å². The topological polar surface area (TPSA) is 149 Å². The van der Waals surface area contributed by atoms with Gasteiger partial charge in [-0.05, 0) is 43.3 Å². The van der Waals surface area contributed by atoms with E-state index in [1.54, 1.807) is 66.7 Å². The molecule has 2 heterocycles. The highest BCUT2D eigenvalue weighted by Crippen LogP contribution is 2.43. The van der Waals surface area contributed by atoms with Gasteiger partial charge in [0.1, 0.15) is 12.7 Å². The van der Waals surface area contributed by atoms with E-state index in [0.29, 0.717) is 0 Å². The van der Waals surface area contributed by atoms with Crippen LogP contribution in [0.25, 0.3) is 0 Å². The number of rotatable bonds is 9. The van der Waals surface area contributed by atoms with Crippen molar-refractivity contribution in [2.45, 2.75) is 31.0 Å². The summed E-state index contributed by atoms with van der Waals surface area (Å²) >= 11 is 0. The fourth-order valence-electron chi connectivity index (χ4n) is 4.90. The van der Waals surface area contributed by atoms with Crippen LogP contribution in [0.2, 0.25) is 0 Å². The summed E-state index contributed by atoms with van der Waals surface area (Å²) in [6, 6.07) is 24.3. The highest BCUT2D eigenvalue weighted by molar-refractivity contribution is 5.91. The van der Waals surface area contributed by atoms with Gasteiger partial charge >= 0.3 is 23.9 Å². The molecule has 0 saturated carbocycles. The Morgan fingerprint density at radius 2 is 1.33 bits per heavy atom. The molecule has 12 heteroatoms. The molecule has 1 fully saturated rings. The molecule has 0 aliphatic carbocycles. The van der Waals surface area contributed by atoms with Crippen LogP contribution in [0.1, 0.15) is 54.7 Å². The molecule has 0 spiro atoms. The monoisotopic (exact) mass is 612 g/mol. The first-order chi connectivity index (χ1) is 21.7. The number of esters is 4. The molecule has 3 aromatic carbocycles. The number of methoxy groups -OCH3 is 1. The normalized spacial score (nSPS) is 20.5. The van der Waals surface area contributed by atoms with Crippen LogP contribution in [-0.4, -0.2) is 65.0 Å². The molecule has 0 unspecified atom stereocenters. The first-order valence-electron chi connectivity index (χ1n) is 13.8. The van der Waals surface area contributed by atoms with Crippen LogP contribution in [0.4, 0.5) is 0 Å². The highest BCUT2D eigenvalue weighted by atomic mass is 16.7. The van der Waals surface area contributed by atoms with Crippen molar-refractivity contribution in [2.75, 3.05) is 13.7 Å². The van der Waals surface area contributed by atoms with Crippen LogP contribution in [0.3, 0.4) is 0 Å². The number of nitrogens with zero attached hydrogens (tertiary/aromatic N) is 2. The Balaban J connectivity index is 1.58. The molecule has 0 bridgehead atoms. The minimum absolute atomic E-state index is 0.168. The lowest BCUT2D eigenvalue weighted by Crippen LogP contribution is -2.52. The fourth-order valence-corrected chi connectivity index (χ4v) is 4.90. The molecule has 4 aromatic rings. The van der Waals surface area contributed by atoms with Gasteiger partial charge in [0.05, 0.1) is 23.8 Å². The summed E-state index contributed by atoms with van der Waals surface area (Å²) in [4.78, 5) is 69.3. The van der Waals surface area contributed by atoms with E-state index < -0.39 is 65.8 Å². The van der Waals surface area contributed by atoms with E-state index in [4.69, 9.17) is 23.7 Å². The Kier molecular flexibility index (Phi) is 9.14. The number of carbonyl (C=O) groups excluding carboxylic acids is 4. The first-order valence-corrected chi connectivity index (χ1v) is 13.8. The van der Waals surface area contributed by atoms with Crippen LogP contribution in [0.15, 0.2) is 108 Å². The second kappa shape index (κ2) is 13.3. The lowest BCUT2D eigenvalue weighted by atomic mass is 9.95. The average molecular weight is 613 g/mol. The summed E-state index contributed by atoms with van der Waals surface area (Å²) in [5.74, 6) is -3.29. The Labute approximate surface area is 257 Å². The molecule has 4 atom stereocenters. The molecule has 0 amide bonds. The molecule has 12 nitrogen and oxygen atoms in total. The summed E-state index contributed by atoms with van der Waals surface area (Å²) in [6.45, 7) is 0.963. The van der Waals surface area contributed by atoms with Gasteiger partial charge < -0.3 is 23.7 Å². The summed E-state index contributed by atoms with van der Waals surface area (Å²) < 4.78 is 29.4. The average Bonchev–Trinajstić information content (AvgIpc) is 3.34. The van der Waals surface area contributed by atoms with Crippen molar-refractivity contribution < 1.29 is 42.9 Å². The van der Waals surface area contributed by atoms with Gasteiger partial charge in [-0.3, -0.25) is 9.36 Å². The maximum atomic E-state index is 13.5. The van der Waals surface area contributed by atoms with E-state index in [0.717, 1.165) is 11.7 Å². The zero-order valence-corrected chi connectivity index (χ0v) is 24.2. The van der Waals surface area contributed by atoms with E-state index >= 15 is 0 Å². The molecule has 5 rings (SSSR count). The van der Waals surface area contributed by atoms with Crippen molar-refractivity contribution in [1.82, 2.24) is 9.55 Å². The van der Waals surface area contributed by atoms with Crippen molar-refractivity contribution in [2.24, 2.45) is 0 Å². The number of aromatic nitrogens is 2.